The summed E-state index contributed by atoms with van der Waals surface area (Å²) in [6, 6.07) is 0. The van der Waals surface area contributed by atoms with Crippen molar-refractivity contribution in [1.82, 2.24) is 0 Å². The molecule has 4 atom stereocenters. The number of hydrogen-bond acceptors (Lipinski definition) is 8. The lowest BCUT2D eigenvalue weighted by Crippen LogP contribution is -2.22. The van der Waals surface area contributed by atoms with Crippen molar-refractivity contribution < 1.29 is 42.5 Å². The maximum Gasteiger partial charge on any atom is 0.268 e. The molecule has 2 unspecified atom stereocenters. The van der Waals surface area contributed by atoms with Crippen molar-refractivity contribution in [3.8, 4) is 0 Å². The number of phosphoric acid groups is 2. The van der Waals surface area contributed by atoms with E-state index in [0.717, 1.165) is 0 Å². The fraction of sp³-hybridized carbons (Fsp3) is 1.00. The Balaban J connectivity index is 4.09. The maximum absolute atomic E-state index is 11.1. The lowest BCUT2D eigenvalue weighted by molar-refractivity contribution is -0.237. The first kappa shape index (κ1) is 17.2. The molecule has 0 spiro atoms. The Morgan fingerprint density at radius 2 is 1.71 bits per heavy atom. The maximum atomic E-state index is 11.1. The molecule has 0 rings (SSSR count). The third-order valence-electron chi connectivity index (χ3n) is 1.35. The van der Waals surface area contributed by atoms with Gasteiger partial charge in [-0.3, -0.25) is 9.13 Å². The highest BCUT2D eigenvalue weighted by molar-refractivity contribution is 7.46. The average Bonchev–Trinajstić information content (AvgIpc) is 2.11. The fourth-order valence-electron chi connectivity index (χ4n) is 0.738. The molecule has 104 valence electrons. The molecule has 0 fully saturated rings. The van der Waals surface area contributed by atoms with Crippen LogP contribution >= 0.6 is 15.6 Å². The van der Waals surface area contributed by atoms with Gasteiger partial charge in [0.2, 0.25) is 0 Å². The van der Waals surface area contributed by atoms with Gasteiger partial charge in [0, 0.05) is 0 Å². The Morgan fingerprint density at radius 3 is 2.12 bits per heavy atom. The predicted molar refractivity (Wildman–Crippen MR) is 51.6 cm³/mol. The molecular weight excluding hydrogens is 278 g/mol. The average molecular weight is 292 g/mol. The van der Waals surface area contributed by atoms with Crippen LogP contribution in [0, 0.1) is 0 Å². The lowest BCUT2D eigenvalue weighted by Gasteiger charge is -2.28. The summed E-state index contributed by atoms with van der Waals surface area (Å²) in [4.78, 5) is 29.7. The fourth-order valence-corrected chi connectivity index (χ4v) is 2.21. The van der Waals surface area contributed by atoms with Crippen molar-refractivity contribution in [3.05, 3.63) is 0 Å². The van der Waals surface area contributed by atoms with Crippen LogP contribution in [-0.2, 0) is 22.7 Å². The van der Waals surface area contributed by atoms with Crippen LogP contribution in [0.2, 0.25) is 0 Å². The molecule has 2 N–H and O–H groups in total. The van der Waals surface area contributed by atoms with Crippen molar-refractivity contribution in [1.29, 1.82) is 0 Å². The van der Waals surface area contributed by atoms with E-state index in [1.807, 2.05) is 0 Å². The van der Waals surface area contributed by atoms with Crippen molar-refractivity contribution in [2.75, 3.05) is 13.2 Å². The molecule has 0 aliphatic carbocycles. The molecule has 0 radical (unpaired) electrons. The number of phosphoric ester groups is 2. The summed E-state index contributed by atoms with van der Waals surface area (Å²) in [5.74, 6) is 0. The molecule has 0 aromatic rings. The van der Waals surface area contributed by atoms with E-state index >= 15 is 0 Å². The van der Waals surface area contributed by atoms with Crippen LogP contribution < -0.4 is 9.79 Å². The van der Waals surface area contributed by atoms with Crippen LogP contribution in [0.25, 0.3) is 0 Å². The summed E-state index contributed by atoms with van der Waals surface area (Å²) in [6.07, 6.45) is -2.17. The van der Waals surface area contributed by atoms with Gasteiger partial charge >= 0.3 is 0 Å². The number of rotatable bonds is 8. The highest BCUT2D eigenvalue weighted by atomic mass is 31.2. The molecular formula is C6H14O9P2-2. The molecule has 0 bridgehead atoms. The standard InChI is InChI=1S/C6H16O9P2/c1-5(3-7)15-17(11,12)13-4-6(2)14-16(8,9)10/h5-7H,3-4H2,1-2H3,(H,11,12)(H2,8,9,10)/p-2/t5-,6-/m0/s1. The normalized spacial score (nSPS) is 22.5. The SMILES string of the molecule is C[C@@H](COP(=O)([O-])O[C@@H](C)CO)OP(=O)([O-])O. The molecule has 0 aromatic heterocycles. The van der Waals surface area contributed by atoms with Gasteiger partial charge in [-0.2, -0.15) is 0 Å². The summed E-state index contributed by atoms with van der Waals surface area (Å²) in [6.45, 7) is 1.31. The Morgan fingerprint density at radius 1 is 1.18 bits per heavy atom. The second-order valence-corrected chi connectivity index (χ2v) is 5.74. The van der Waals surface area contributed by atoms with Crippen molar-refractivity contribution in [3.63, 3.8) is 0 Å². The zero-order chi connectivity index (χ0) is 13.7. The van der Waals surface area contributed by atoms with Crippen molar-refractivity contribution in [2.24, 2.45) is 0 Å². The van der Waals surface area contributed by atoms with Crippen LogP contribution in [-0.4, -0.2) is 35.4 Å². The summed E-state index contributed by atoms with van der Waals surface area (Å²) in [5.41, 5.74) is 0. The van der Waals surface area contributed by atoms with Gasteiger partial charge in [-0.05, 0) is 13.8 Å². The van der Waals surface area contributed by atoms with Gasteiger partial charge in [0.1, 0.15) is 0 Å². The van der Waals surface area contributed by atoms with E-state index in [1.54, 1.807) is 0 Å². The first-order valence-corrected chi connectivity index (χ1v) is 7.48. The number of aliphatic hydroxyl groups is 1. The highest BCUT2D eigenvalue weighted by Gasteiger charge is 2.17. The third-order valence-corrected chi connectivity index (χ3v) is 3.06. The highest BCUT2D eigenvalue weighted by Crippen LogP contribution is 2.41. The van der Waals surface area contributed by atoms with Crippen LogP contribution in [0.4, 0.5) is 0 Å². The smallest absolute Gasteiger partial charge is 0.268 e. The minimum atomic E-state index is -4.94. The van der Waals surface area contributed by atoms with Crippen LogP contribution in [0.5, 0.6) is 0 Å². The van der Waals surface area contributed by atoms with Crippen LogP contribution in [0.15, 0.2) is 0 Å². The molecule has 0 amide bonds. The van der Waals surface area contributed by atoms with Gasteiger partial charge in [-0.1, -0.05) is 0 Å². The number of aliphatic hydroxyl groups excluding tert-OH is 1. The van der Waals surface area contributed by atoms with Gasteiger partial charge < -0.3 is 33.4 Å². The summed E-state index contributed by atoms with van der Waals surface area (Å²) >= 11 is 0. The largest absolute Gasteiger partial charge is 0.756 e. The van der Waals surface area contributed by atoms with Gasteiger partial charge in [0.05, 0.1) is 25.4 Å². The zero-order valence-corrected chi connectivity index (χ0v) is 11.0. The van der Waals surface area contributed by atoms with E-state index in [2.05, 4.69) is 13.6 Å². The summed E-state index contributed by atoms with van der Waals surface area (Å²) < 4.78 is 34.0. The van der Waals surface area contributed by atoms with Gasteiger partial charge in [-0.15, -0.1) is 0 Å². The van der Waals surface area contributed by atoms with E-state index in [9.17, 15) is 18.9 Å². The molecule has 0 aliphatic heterocycles. The van der Waals surface area contributed by atoms with Crippen molar-refractivity contribution in [2.45, 2.75) is 26.1 Å². The Hall–Kier alpha value is 0.180. The van der Waals surface area contributed by atoms with E-state index in [-0.39, 0.29) is 0 Å². The van der Waals surface area contributed by atoms with Gasteiger partial charge in [-0.25, -0.2) is 0 Å². The topological polar surface area (TPSA) is 148 Å². The predicted octanol–water partition coefficient (Wildman–Crippen LogP) is -1.27. The van der Waals surface area contributed by atoms with E-state index in [0.29, 0.717) is 0 Å². The Bertz CT molecular complexity index is 313. The van der Waals surface area contributed by atoms with E-state index in [1.165, 1.54) is 13.8 Å². The summed E-state index contributed by atoms with van der Waals surface area (Å²) in [7, 11) is -9.59. The van der Waals surface area contributed by atoms with E-state index in [4.69, 9.17) is 10.00 Å². The molecule has 0 saturated heterocycles. The van der Waals surface area contributed by atoms with Crippen LogP contribution in [0.3, 0.4) is 0 Å². The minimum Gasteiger partial charge on any atom is -0.756 e. The van der Waals surface area contributed by atoms with Gasteiger partial charge in [0.25, 0.3) is 15.6 Å². The first-order chi connectivity index (χ1) is 7.56. The quantitative estimate of drug-likeness (QED) is 0.522. The van der Waals surface area contributed by atoms with Crippen LogP contribution in [0.1, 0.15) is 13.8 Å². The first-order valence-electron chi connectivity index (χ1n) is 4.53. The molecule has 0 aromatic carbocycles. The molecule has 11 heteroatoms. The van der Waals surface area contributed by atoms with Gasteiger partial charge in [0.15, 0.2) is 0 Å². The van der Waals surface area contributed by atoms with E-state index < -0.39 is 41.1 Å². The molecule has 17 heavy (non-hydrogen) atoms. The monoisotopic (exact) mass is 292 g/mol. The molecule has 0 saturated carbocycles. The molecule has 0 aliphatic rings. The van der Waals surface area contributed by atoms with Crippen molar-refractivity contribution >= 4 is 15.6 Å². The minimum absolute atomic E-state index is 0.520. The Kier molecular flexibility index (Phi) is 7.01. The third kappa shape index (κ3) is 9.84. The second kappa shape index (κ2) is 6.94. The zero-order valence-electron chi connectivity index (χ0n) is 9.22. The molecule has 9 nitrogen and oxygen atoms in total. The second-order valence-electron chi connectivity index (χ2n) is 3.23. The number of hydrogen-bond donors (Lipinski definition) is 2. The molecule has 0 heterocycles. The Labute approximate surface area is 98.2 Å². The lowest BCUT2D eigenvalue weighted by atomic mass is 10.5. The summed E-state index contributed by atoms with van der Waals surface area (Å²) in [5, 5.41) is 8.55.